The number of rotatable bonds is 6. The topological polar surface area (TPSA) is 38.3 Å². The summed E-state index contributed by atoms with van der Waals surface area (Å²) >= 11 is 0. The van der Waals surface area contributed by atoms with Crippen LogP contribution in [-0.2, 0) is 0 Å². The molecule has 0 bridgehead atoms. The SMILES string of the molecule is CCOc1ccccc1C(=O)NC(c1ccccc1)C1CC1. The van der Waals surface area contributed by atoms with E-state index < -0.39 is 0 Å². The molecule has 1 atom stereocenters. The van der Waals surface area contributed by atoms with Crippen molar-refractivity contribution in [3.63, 3.8) is 0 Å². The highest BCUT2D eigenvalue weighted by atomic mass is 16.5. The predicted molar refractivity (Wildman–Crippen MR) is 87.0 cm³/mol. The standard InChI is InChI=1S/C19H21NO2/c1-2-22-17-11-7-6-10-16(17)19(21)20-18(15-12-13-15)14-8-4-3-5-9-14/h3-11,15,18H,2,12-13H2,1H3,(H,20,21). The van der Waals surface area contributed by atoms with Gasteiger partial charge in [0.25, 0.3) is 5.91 Å². The monoisotopic (exact) mass is 295 g/mol. The minimum absolute atomic E-state index is 0.0650. The number of para-hydroxylation sites is 1. The largest absolute Gasteiger partial charge is 0.493 e. The van der Waals surface area contributed by atoms with Crippen molar-refractivity contribution in [1.82, 2.24) is 5.32 Å². The van der Waals surface area contributed by atoms with Crippen molar-refractivity contribution in [2.24, 2.45) is 5.92 Å². The summed E-state index contributed by atoms with van der Waals surface area (Å²) < 4.78 is 5.56. The van der Waals surface area contributed by atoms with E-state index >= 15 is 0 Å². The molecule has 1 aliphatic carbocycles. The molecule has 0 aromatic heterocycles. The Kier molecular flexibility index (Phi) is 4.42. The minimum atomic E-state index is -0.0650. The highest BCUT2D eigenvalue weighted by Crippen LogP contribution is 2.41. The molecule has 3 rings (SSSR count). The zero-order valence-corrected chi connectivity index (χ0v) is 12.8. The van der Waals surface area contributed by atoms with E-state index in [0.717, 1.165) is 0 Å². The Bertz CT molecular complexity index is 635. The predicted octanol–water partition coefficient (Wildman–Crippen LogP) is 3.97. The van der Waals surface area contributed by atoms with Crippen molar-refractivity contribution in [2.45, 2.75) is 25.8 Å². The first kappa shape index (κ1) is 14.6. The third-order valence-corrected chi connectivity index (χ3v) is 3.97. The number of hydrogen-bond acceptors (Lipinski definition) is 2. The molecular weight excluding hydrogens is 274 g/mol. The lowest BCUT2D eigenvalue weighted by atomic mass is 10.0. The van der Waals surface area contributed by atoms with E-state index in [1.807, 2.05) is 49.4 Å². The third kappa shape index (κ3) is 3.30. The first-order valence-corrected chi connectivity index (χ1v) is 7.87. The molecule has 3 nitrogen and oxygen atoms in total. The Balaban J connectivity index is 1.80. The molecular formula is C19H21NO2. The van der Waals surface area contributed by atoms with Gasteiger partial charge in [0.1, 0.15) is 5.75 Å². The van der Waals surface area contributed by atoms with Gasteiger partial charge in [-0.05, 0) is 43.4 Å². The summed E-state index contributed by atoms with van der Waals surface area (Å²) in [4.78, 5) is 12.7. The van der Waals surface area contributed by atoms with Gasteiger partial charge in [0.2, 0.25) is 0 Å². The van der Waals surface area contributed by atoms with Gasteiger partial charge in [-0.1, -0.05) is 42.5 Å². The molecule has 114 valence electrons. The van der Waals surface area contributed by atoms with Crippen LogP contribution in [0.15, 0.2) is 54.6 Å². The molecule has 0 aliphatic heterocycles. The molecule has 2 aromatic rings. The van der Waals surface area contributed by atoms with Gasteiger partial charge in [-0.2, -0.15) is 0 Å². The maximum absolute atomic E-state index is 12.7. The average molecular weight is 295 g/mol. The molecule has 0 heterocycles. The molecule has 0 saturated heterocycles. The first-order valence-electron chi connectivity index (χ1n) is 7.87. The fourth-order valence-electron chi connectivity index (χ4n) is 2.72. The Morgan fingerprint density at radius 1 is 1.14 bits per heavy atom. The van der Waals surface area contributed by atoms with E-state index in [1.165, 1.54) is 18.4 Å². The van der Waals surface area contributed by atoms with Crippen LogP contribution in [0, 0.1) is 5.92 Å². The second-order valence-electron chi connectivity index (χ2n) is 5.63. The van der Waals surface area contributed by atoms with Crippen molar-refractivity contribution >= 4 is 5.91 Å². The zero-order valence-electron chi connectivity index (χ0n) is 12.8. The van der Waals surface area contributed by atoms with Crippen LogP contribution in [0.1, 0.15) is 41.7 Å². The molecule has 2 aromatic carbocycles. The number of carbonyl (C=O) groups is 1. The van der Waals surface area contributed by atoms with Gasteiger partial charge in [0.05, 0.1) is 18.2 Å². The van der Waals surface area contributed by atoms with Crippen LogP contribution >= 0.6 is 0 Å². The highest BCUT2D eigenvalue weighted by Gasteiger charge is 2.33. The van der Waals surface area contributed by atoms with Gasteiger partial charge in [-0.25, -0.2) is 0 Å². The number of carbonyl (C=O) groups excluding carboxylic acids is 1. The number of ether oxygens (including phenoxy) is 1. The number of benzene rings is 2. The van der Waals surface area contributed by atoms with E-state index in [1.54, 1.807) is 0 Å². The molecule has 3 heteroatoms. The Labute approximate surface area is 131 Å². The summed E-state index contributed by atoms with van der Waals surface area (Å²) in [6.07, 6.45) is 2.35. The van der Waals surface area contributed by atoms with Crippen LogP contribution in [0.3, 0.4) is 0 Å². The summed E-state index contributed by atoms with van der Waals surface area (Å²) in [5.74, 6) is 1.13. The Morgan fingerprint density at radius 2 is 1.82 bits per heavy atom. The summed E-state index contributed by atoms with van der Waals surface area (Å²) in [5, 5.41) is 3.19. The molecule has 1 N–H and O–H groups in total. The van der Waals surface area contributed by atoms with Crippen molar-refractivity contribution in [1.29, 1.82) is 0 Å². The van der Waals surface area contributed by atoms with Gasteiger partial charge in [-0.15, -0.1) is 0 Å². The third-order valence-electron chi connectivity index (χ3n) is 3.97. The maximum Gasteiger partial charge on any atom is 0.255 e. The minimum Gasteiger partial charge on any atom is -0.493 e. The molecule has 22 heavy (non-hydrogen) atoms. The fraction of sp³-hybridized carbons (Fsp3) is 0.316. The van der Waals surface area contributed by atoms with Crippen LogP contribution in [0.4, 0.5) is 0 Å². The molecule has 1 amide bonds. The van der Waals surface area contributed by atoms with Gasteiger partial charge in [0, 0.05) is 0 Å². The Morgan fingerprint density at radius 3 is 2.50 bits per heavy atom. The lowest BCUT2D eigenvalue weighted by Gasteiger charge is -2.19. The lowest BCUT2D eigenvalue weighted by Crippen LogP contribution is -2.30. The maximum atomic E-state index is 12.7. The van der Waals surface area contributed by atoms with E-state index in [2.05, 4.69) is 17.4 Å². The van der Waals surface area contributed by atoms with Gasteiger partial charge in [-0.3, -0.25) is 4.79 Å². The van der Waals surface area contributed by atoms with Gasteiger partial charge >= 0.3 is 0 Å². The van der Waals surface area contributed by atoms with Crippen molar-refractivity contribution in [2.75, 3.05) is 6.61 Å². The normalized spacial score (nSPS) is 15.1. The van der Waals surface area contributed by atoms with E-state index in [-0.39, 0.29) is 11.9 Å². The first-order chi connectivity index (χ1) is 10.8. The summed E-state index contributed by atoms with van der Waals surface area (Å²) in [7, 11) is 0. The average Bonchev–Trinajstić information content (AvgIpc) is 3.39. The van der Waals surface area contributed by atoms with Crippen molar-refractivity contribution < 1.29 is 9.53 Å². The summed E-state index contributed by atoms with van der Waals surface area (Å²) in [5.41, 5.74) is 1.78. The molecule has 1 saturated carbocycles. The molecule has 1 fully saturated rings. The highest BCUT2D eigenvalue weighted by molar-refractivity contribution is 5.97. The smallest absolute Gasteiger partial charge is 0.255 e. The summed E-state index contributed by atoms with van der Waals surface area (Å²) in [6.45, 7) is 2.47. The van der Waals surface area contributed by atoms with Crippen LogP contribution in [0.25, 0.3) is 0 Å². The lowest BCUT2D eigenvalue weighted by molar-refractivity contribution is 0.0928. The van der Waals surface area contributed by atoms with Crippen LogP contribution in [-0.4, -0.2) is 12.5 Å². The zero-order chi connectivity index (χ0) is 15.4. The van der Waals surface area contributed by atoms with Crippen molar-refractivity contribution in [3.05, 3.63) is 65.7 Å². The van der Waals surface area contributed by atoms with Gasteiger partial charge < -0.3 is 10.1 Å². The van der Waals surface area contributed by atoms with Crippen LogP contribution in [0.2, 0.25) is 0 Å². The Hall–Kier alpha value is -2.29. The van der Waals surface area contributed by atoms with Gasteiger partial charge in [0.15, 0.2) is 0 Å². The molecule has 1 unspecified atom stereocenters. The number of amides is 1. The molecule has 0 spiro atoms. The second-order valence-corrected chi connectivity index (χ2v) is 5.63. The van der Waals surface area contributed by atoms with Crippen LogP contribution < -0.4 is 10.1 Å². The quantitative estimate of drug-likeness (QED) is 0.875. The molecule has 0 radical (unpaired) electrons. The van der Waals surface area contributed by atoms with E-state index in [4.69, 9.17) is 4.74 Å². The number of hydrogen-bond donors (Lipinski definition) is 1. The second kappa shape index (κ2) is 6.65. The number of nitrogens with one attached hydrogen (secondary N) is 1. The fourth-order valence-corrected chi connectivity index (χ4v) is 2.72. The van der Waals surface area contributed by atoms with E-state index in [0.29, 0.717) is 23.8 Å². The van der Waals surface area contributed by atoms with Crippen LogP contribution in [0.5, 0.6) is 5.75 Å². The van der Waals surface area contributed by atoms with E-state index in [9.17, 15) is 4.79 Å². The molecule has 1 aliphatic rings. The summed E-state index contributed by atoms with van der Waals surface area (Å²) in [6, 6.07) is 17.7. The van der Waals surface area contributed by atoms with Crippen molar-refractivity contribution in [3.8, 4) is 5.75 Å².